The lowest BCUT2D eigenvalue weighted by atomic mass is 10.3. The Morgan fingerprint density at radius 2 is 2.04 bits per heavy atom. The van der Waals surface area contributed by atoms with E-state index in [-0.39, 0.29) is 23.2 Å². The third-order valence-corrected chi connectivity index (χ3v) is 5.95. The van der Waals surface area contributed by atoms with Crippen molar-refractivity contribution in [3.8, 4) is 5.75 Å². The molecule has 1 aliphatic rings. The van der Waals surface area contributed by atoms with Gasteiger partial charge in [-0.15, -0.1) is 0 Å². The van der Waals surface area contributed by atoms with Crippen molar-refractivity contribution in [1.29, 1.82) is 0 Å². The van der Waals surface area contributed by atoms with E-state index < -0.39 is 10.0 Å². The molecule has 134 valence electrons. The fourth-order valence-corrected chi connectivity index (χ4v) is 4.38. The van der Waals surface area contributed by atoms with Crippen molar-refractivity contribution in [2.75, 3.05) is 26.2 Å². The Hall–Kier alpha value is -1.31. The van der Waals surface area contributed by atoms with Crippen LogP contribution in [0.25, 0.3) is 0 Å². The van der Waals surface area contributed by atoms with Crippen LogP contribution in [0.15, 0.2) is 23.1 Å². The van der Waals surface area contributed by atoms with E-state index in [9.17, 15) is 13.2 Å². The average molecular weight is 375 g/mol. The van der Waals surface area contributed by atoms with Gasteiger partial charge in [-0.1, -0.05) is 24.9 Å². The molecule has 0 aromatic heterocycles. The Morgan fingerprint density at radius 3 is 2.71 bits per heavy atom. The number of halogens is 1. The van der Waals surface area contributed by atoms with Crippen LogP contribution in [0.1, 0.15) is 32.6 Å². The van der Waals surface area contributed by atoms with E-state index in [2.05, 4.69) is 5.32 Å². The number of unbranched alkanes of at least 4 members (excludes halogenated alkanes) is 1. The Morgan fingerprint density at radius 1 is 1.33 bits per heavy atom. The van der Waals surface area contributed by atoms with Crippen LogP contribution < -0.4 is 10.1 Å². The van der Waals surface area contributed by atoms with Crippen molar-refractivity contribution in [2.24, 2.45) is 0 Å². The molecule has 1 aromatic rings. The van der Waals surface area contributed by atoms with Crippen LogP contribution in [0, 0.1) is 0 Å². The van der Waals surface area contributed by atoms with Gasteiger partial charge in [-0.05, 0) is 37.5 Å². The standard InChI is InChI=1S/C16H23ClN2O4S/c1-2-3-8-18-16(20)12-23-14-7-6-13(17)11-15(14)24(21,22)19-9-4-5-10-19/h6-7,11H,2-5,8-10,12H2,1H3,(H,18,20). The van der Waals surface area contributed by atoms with Gasteiger partial charge in [-0.25, -0.2) is 8.42 Å². The number of carbonyl (C=O) groups is 1. The summed E-state index contributed by atoms with van der Waals surface area (Å²) in [7, 11) is -3.67. The van der Waals surface area contributed by atoms with Crippen LogP contribution in [0.5, 0.6) is 5.75 Å². The molecule has 1 heterocycles. The number of hydrogen-bond acceptors (Lipinski definition) is 4. The minimum absolute atomic E-state index is 0.0123. The quantitative estimate of drug-likeness (QED) is 0.709. The summed E-state index contributed by atoms with van der Waals surface area (Å²) in [5, 5.41) is 3.04. The minimum Gasteiger partial charge on any atom is -0.482 e. The van der Waals surface area contributed by atoms with Gasteiger partial charge in [0.05, 0.1) is 0 Å². The van der Waals surface area contributed by atoms with E-state index in [4.69, 9.17) is 16.3 Å². The van der Waals surface area contributed by atoms with Gasteiger partial charge in [0.1, 0.15) is 10.6 Å². The molecule has 0 atom stereocenters. The van der Waals surface area contributed by atoms with Crippen molar-refractivity contribution in [3.63, 3.8) is 0 Å². The van der Waals surface area contributed by atoms with E-state index in [1.165, 1.54) is 16.4 Å². The highest BCUT2D eigenvalue weighted by Gasteiger charge is 2.30. The number of benzene rings is 1. The van der Waals surface area contributed by atoms with Gasteiger partial charge in [-0.2, -0.15) is 4.31 Å². The molecule has 6 nitrogen and oxygen atoms in total. The normalized spacial score (nSPS) is 15.4. The van der Waals surface area contributed by atoms with E-state index in [1.54, 1.807) is 6.07 Å². The molecule has 24 heavy (non-hydrogen) atoms. The molecule has 0 bridgehead atoms. The zero-order chi connectivity index (χ0) is 17.6. The number of amides is 1. The van der Waals surface area contributed by atoms with Gasteiger partial charge in [0.15, 0.2) is 6.61 Å². The molecule has 0 unspecified atom stereocenters. The molecule has 1 N–H and O–H groups in total. The first kappa shape index (κ1) is 19.0. The molecule has 0 spiro atoms. The van der Waals surface area contributed by atoms with Crippen LogP contribution in [0.2, 0.25) is 5.02 Å². The van der Waals surface area contributed by atoms with Crippen molar-refractivity contribution < 1.29 is 17.9 Å². The van der Waals surface area contributed by atoms with Gasteiger partial charge < -0.3 is 10.1 Å². The third kappa shape index (κ3) is 4.84. The zero-order valence-electron chi connectivity index (χ0n) is 13.8. The molecular weight excluding hydrogens is 352 g/mol. The summed E-state index contributed by atoms with van der Waals surface area (Å²) in [6, 6.07) is 4.42. The summed E-state index contributed by atoms with van der Waals surface area (Å²) in [6.45, 7) is 3.37. The maximum Gasteiger partial charge on any atom is 0.257 e. The number of rotatable bonds is 8. The van der Waals surface area contributed by atoms with Crippen LogP contribution in [-0.2, 0) is 14.8 Å². The smallest absolute Gasteiger partial charge is 0.257 e. The molecule has 1 aliphatic heterocycles. The van der Waals surface area contributed by atoms with E-state index in [1.807, 2.05) is 6.92 Å². The van der Waals surface area contributed by atoms with Gasteiger partial charge >= 0.3 is 0 Å². The van der Waals surface area contributed by atoms with Crippen LogP contribution in [-0.4, -0.2) is 44.9 Å². The summed E-state index contributed by atoms with van der Waals surface area (Å²) in [4.78, 5) is 11.8. The number of nitrogens with zero attached hydrogens (tertiary/aromatic N) is 1. The molecule has 0 aliphatic carbocycles. The molecule has 1 fully saturated rings. The fourth-order valence-electron chi connectivity index (χ4n) is 2.47. The Balaban J connectivity index is 2.11. The van der Waals surface area contributed by atoms with Crippen molar-refractivity contribution in [3.05, 3.63) is 23.2 Å². The Bertz CT molecular complexity index is 673. The van der Waals surface area contributed by atoms with Crippen LogP contribution in [0.3, 0.4) is 0 Å². The van der Waals surface area contributed by atoms with Crippen molar-refractivity contribution in [1.82, 2.24) is 9.62 Å². The second-order valence-electron chi connectivity index (χ2n) is 5.69. The van der Waals surface area contributed by atoms with E-state index in [0.717, 1.165) is 25.7 Å². The van der Waals surface area contributed by atoms with Crippen LogP contribution >= 0.6 is 11.6 Å². The molecule has 1 amide bonds. The topological polar surface area (TPSA) is 75.7 Å². The Labute approximate surface area is 148 Å². The first-order valence-corrected chi connectivity index (χ1v) is 9.96. The van der Waals surface area contributed by atoms with E-state index in [0.29, 0.717) is 24.7 Å². The van der Waals surface area contributed by atoms with Gasteiger partial charge in [0.2, 0.25) is 10.0 Å². The molecule has 1 aromatic carbocycles. The highest BCUT2D eigenvalue weighted by Crippen LogP contribution is 2.31. The first-order valence-electron chi connectivity index (χ1n) is 8.14. The average Bonchev–Trinajstić information content (AvgIpc) is 3.09. The van der Waals surface area contributed by atoms with Gasteiger partial charge in [0.25, 0.3) is 5.91 Å². The number of nitrogens with one attached hydrogen (secondary N) is 1. The lowest BCUT2D eigenvalue weighted by molar-refractivity contribution is -0.123. The number of ether oxygens (including phenoxy) is 1. The van der Waals surface area contributed by atoms with Crippen molar-refractivity contribution in [2.45, 2.75) is 37.5 Å². The zero-order valence-corrected chi connectivity index (χ0v) is 15.3. The highest BCUT2D eigenvalue weighted by atomic mass is 35.5. The minimum atomic E-state index is -3.67. The molecule has 8 heteroatoms. The largest absolute Gasteiger partial charge is 0.482 e. The number of carbonyl (C=O) groups excluding carboxylic acids is 1. The summed E-state index contributed by atoms with van der Waals surface area (Å²) >= 11 is 5.96. The second-order valence-corrected chi connectivity index (χ2v) is 8.04. The number of hydrogen-bond donors (Lipinski definition) is 1. The summed E-state index contributed by atoms with van der Waals surface area (Å²) < 4.78 is 32.4. The maximum atomic E-state index is 12.7. The second kappa shape index (κ2) is 8.69. The molecule has 1 saturated heterocycles. The maximum absolute atomic E-state index is 12.7. The molecular formula is C16H23ClN2O4S. The predicted molar refractivity (Wildman–Crippen MR) is 92.9 cm³/mol. The van der Waals surface area contributed by atoms with Gasteiger partial charge in [0, 0.05) is 24.7 Å². The lowest BCUT2D eigenvalue weighted by Crippen LogP contribution is -2.31. The summed E-state index contributed by atoms with van der Waals surface area (Å²) in [5.74, 6) is -0.125. The third-order valence-electron chi connectivity index (χ3n) is 3.80. The van der Waals surface area contributed by atoms with Crippen LogP contribution in [0.4, 0.5) is 0 Å². The molecule has 0 saturated carbocycles. The van der Waals surface area contributed by atoms with Crippen molar-refractivity contribution >= 4 is 27.5 Å². The molecule has 2 rings (SSSR count). The monoisotopic (exact) mass is 374 g/mol. The SMILES string of the molecule is CCCCNC(=O)COc1ccc(Cl)cc1S(=O)(=O)N1CCCC1. The fraction of sp³-hybridized carbons (Fsp3) is 0.562. The predicted octanol–water partition coefficient (Wildman–Crippen LogP) is 2.42. The van der Waals surface area contributed by atoms with Gasteiger partial charge in [-0.3, -0.25) is 4.79 Å². The number of sulfonamides is 1. The summed E-state index contributed by atoms with van der Waals surface area (Å²) in [6.07, 6.45) is 3.56. The summed E-state index contributed by atoms with van der Waals surface area (Å²) in [5.41, 5.74) is 0. The lowest BCUT2D eigenvalue weighted by Gasteiger charge is -2.18. The highest BCUT2D eigenvalue weighted by molar-refractivity contribution is 7.89. The molecule has 0 radical (unpaired) electrons. The Kier molecular flexibility index (Phi) is 6.89. The first-order chi connectivity index (χ1) is 11.4. The van der Waals surface area contributed by atoms with E-state index >= 15 is 0 Å².